The fraction of sp³-hybridized carbons (Fsp3) is 0.700. The molecule has 3 aliphatic heterocycles. The van der Waals surface area contributed by atoms with E-state index in [0.717, 1.165) is 32.5 Å². The highest BCUT2D eigenvalue weighted by atomic mass is 18.2. The molecular weight excluding hydrogens is 320 g/mol. The Morgan fingerprint density at radius 3 is 2.80 bits per heavy atom. The smallest absolute Gasteiger partial charge is 0.228 e. The first-order valence-electron chi connectivity index (χ1n) is 9.34. The van der Waals surface area contributed by atoms with Gasteiger partial charge in [0.1, 0.15) is 0 Å². The summed E-state index contributed by atoms with van der Waals surface area (Å²) >= 11 is 0. The van der Waals surface area contributed by atoms with Crippen LogP contribution >= 0.6 is 0 Å². The summed E-state index contributed by atoms with van der Waals surface area (Å²) in [6.45, 7) is 6.80. The third-order valence-electron chi connectivity index (χ3n) is 6.11. The maximum Gasteiger partial charge on any atom is 0.228 e. The quantitative estimate of drug-likeness (QED) is 0.759. The summed E-state index contributed by atoms with van der Waals surface area (Å²) < 4.78 is 29.2. The van der Waals surface area contributed by atoms with Crippen molar-refractivity contribution in [3.63, 3.8) is 0 Å². The molecular formula is C20H28FNO3. The molecule has 0 aliphatic carbocycles. The number of fused-ring (bicyclic) bond motifs is 3. The Kier molecular flexibility index (Phi) is 4.40. The molecule has 3 atom stereocenters. The van der Waals surface area contributed by atoms with Crippen LogP contribution in [-0.2, 0) is 11.2 Å². The van der Waals surface area contributed by atoms with Gasteiger partial charge in [-0.1, -0.05) is 13.8 Å². The lowest BCUT2D eigenvalue weighted by Crippen LogP contribution is -2.50. The average molecular weight is 348 g/mol. The maximum atomic E-state index is 12.7. The topological polar surface area (TPSA) is 34.2 Å². The highest BCUT2D eigenvalue weighted by Crippen LogP contribution is 2.53. The lowest BCUT2D eigenvalue weighted by Gasteiger charge is -2.47. The van der Waals surface area contributed by atoms with Gasteiger partial charge in [0.15, 0.2) is 11.5 Å². The summed E-state index contributed by atoms with van der Waals surface area (Å²) in [5, 5.41) is 0. The highest BCUT2D eigenvalue weighted by molar-refractivity contribution is 5.50. The van der Waals surface area contributed by atoms with Crippen molar-refractivity contribution in [2.24, 2.45) is 11.8 Å². The molecule has 3 aliphatic rings. The number of alkyl halides is 1. The van der Waals surface area contributed by atoms with Crippen molar-refractivity contribution in [2.45, 2.75) is 44.8 Å². The van der Waals surface area contributed by atoms with Crippen molar-refractivity contribution in [1.29, 1.82) is 0 Å². The fourth-order valence-corrected chi connectivity index (χ4v) is 4.80. The SMILES string of the molecule is COc1cc2c(cc1OC[18F])CCN1C[C@@H](CC(C)C)[C@@]3(CO3)C[C@H]21. The Hall–Kier alpha value is -1.33. The zero-order chi connectivity index (χ0) is 17.6. The van der Waals surface area contributed by atoms with E-state index in [0.29, 0.717) is 29.4 Å². The van der Waals surface area contributed by atoms with Gasteiger partial charge in [-0.2, -0.15) is 0 Å². The Morgan fingerprint density at radius 1 is 1.36 bits per heavy atom. The van der Waals surface area contributed by atoms with Gasteiger partial charge in [0.25, 0.3) is 0 Å². The number of nitrogens with zero attached hydrogens (tertiary/aromatic N) is 1. The van der Waals surface area contributed by atoms with Crippen LogP contribution in [0.5, 0.6) is 11.5 Å². The molecule has 0 bridgehead atoms. The molecule has 2 saturated heterocycles. The van der Waals surface area contributed by atoms with Gasteiger partial charge in [-0.25, -0.2) is 4.39 Å². The Labute approximate surface area is 149 Å². The summed E-state index contributed by atoms with van der Waals surface area (Å²) in [5.41, 5.74) is 2.62. The van der Waals surface area contributed by atoms with E-state index in [2.05, 4.69) is 24.8 Å². The molecule has 0 unspecified atom stereocenters. The van der Waals surface area contributed by atoms with Crippen LogP contribution in [0.1, 0.15) is 43.9 Å². The van der Waals surface area contributed by atoms with Crippen LogP contribution in [-0.4, -0.2) is 44.2 Å². The monoisotopic (exact) mass is 348 g/mol. The van der Waals surface area contributed by atoms with E-state index in [9.17, 15) is 4.39 Å². The zero-order valence-electron chi connectivity index (χ0n) is 15.4. The van der Waals surface area contributed by atoms with Crippen LogP contribution in [0.25, 0.3) is 0 Å². The minimum Gasteiger partial charge on any atom is -0.493 e. The van der Waals surface area contributed by atoms with Crippen LogP contribution in [0.15, 0.2) is 12.1 Å². The predicted molar refractivity (Wildman–Crippen MR) is 93.9 cm³/mol. The minimum atomic E-state index is -0.835. The van der Waals surface area contributed by atoms with Crippen molar-refractivity contribution < 1.29 is 18.6 Å². The second kappa shape index (κ2) is 6.44. The average Bonchev–Trinajstić information content (AvgIpc) is 3.35. The second-order valence-corrected chi connectivity index (χ2v) is 8.10. The van der Waals surface area contributed by atoms with E-state index < -0.39 is 6.86 Å². The van der Waals surface area contributed by atoms with E-state index in [4.69, 9.17) is 14.2 Å². The van der Waals surface area contributed by atoms with Gasteiger partial charge in [-0.05, 0) is 48.4 Å². The van der Waals surface area contributed by atoms with E-state index in [1.54, 1.807) is 7.11 Å². The van der Waals surface area contributed by atoms with Gasteiger partial charge in [0.2, 0.25) is 6.86 Å². The molecule has 2 fully saturated rings. The van der Waals surface area contributed by atoms with Crippen LogP contribution in [0, 0.1) is 11.8 Å². The van der Waals surface area contributed by atoms with Gasteiger partial charge in [-0.15, -0.1) is 0 Å². The third-order valence-corrected chi connectivity index (χ3v) is 6.11. The number of hydrogen-bond donors (Lipinski definition) is 0. The molecule has 4 nitrogen and oxygen atoms in total. The van der Waals surface area contributed by atoms with E-state index in [-0.39, 0.29) is 5.60 Å². The predicted octanol–water partition coefficient (Wildman–Crippen LogP) is 3.74. The standard InChI is InChI=1S/C20H28FNO3/c1-13(2)6-15-10-22-5-4-14-7-19(24-12-21)18(23-3)8-16(14)17(22)9-20(15)11-25-20/h7-8,13,15,17H,4-6,9-12H2,1-3H3/t15-,17-,20+/m1/s1/i21-1. The number of methoxy groups -OCH3 is 1. The van der Waals surface area contributed by atoms with Crippen molar-refractivity contribution >= 4 is 0 Å². The summed E-state index contributed by atoms with van der Waals surface area (Å²) in [7, 11) is 1.61. The highest BCUT2D eigenvalue weighted by Gasteiger charge is 2.57. The summed E-state index contributed by atoms with van der Waals surface area (Å²) in [5.74, 6) is 2.44. The Morgan fingerprint density at radius 2 is 2.16 bits per heavy atom. The molecule has 1 aromatic rings. The number of rotatable bonds is 5. The molecule has 4 rings (SSSR count). The minimum absolute atomic E-state index is 0.0708. The summed E-state index contributed by atoms with van der Waals surface area (Å²) in [4.78, 5) is 2.61. The van der Waals surface area contributed by atoms with Crippen LogP contribution in [0.4, 0.5) is 4.39 Å². The van der Waals surface area contributed by atoms with Crippen LogP contribution < -0.4 is 9.47 Å². The molecule has 0 amide bonds. The molecule has 1 aromatic carbocycles. The number of halogens is 1. The number of benzene rings is 1. The number of ether oxygens (including phenoxy) is 3. The first kappa shape index (κ1) is 17.1. The molecule has 0 saturated carbocycles. The molecule has 5 heteroatoms. The first-order chi connectivity index (χ1) is 12.1. The van der Waals surface area contributed by atoms with Gasteiger partial charge in [0, 0.05) is 25.0 Å². The largest absolute Gasteiger partial charge is 0.493 e. The molecule has 0 N–H and O–H groups in total. The second-order valence-electron chi connectivity index (χ2n) is 8.10. The summed E-state index contributed by atoms with van der Waals surface area (Å²) in [6, 6.07) is 4.38. The molecule has 25 heavy (non-hydrogen) atoms. The van der Waals surface area contributed by atoms with Gasteiger partial charge < -0.3 is 14.2 Å². The lowest BCUT2D eigenvalue weighted by molar-refractivity contribution is 0.0223. The zero-order valence-corrected chi connectivity index (χ0v) is 15.4. The molecule has 3 heterocycles. The van der Waals surface area contributed by atoms with Crippen LogP contribution in [0.3, 0.4) is 0 Å². The normalized spacial score (nSPS) is 30.9. The van der Waals surface area contributed by atoms with E-state index in [1.165, 1.54) is 17.5 Å². The van der Waals surface area contributed by atoms with E-state index >= 15 is 0 Å². The van der Waals surface area contributed by atoms with Crippen molar-refractivity contribution in [3.05, 3.63) is 23.3 Å². The molecule has 1 spiro atoms. The molecule has 0 aromatic heterocycles. The number of hydrogen-bond acceptors (Lipinski definition) is 4. The van der Waals surface area contributed by atoms with Crippen LogP contribution in [0.2, 0.25) is 0 Å². The lowest BCUT2D eigenvalue weighted by atomic mass is 9.74. The Bertz CT molecular complexity index is 644. The van der Waals surface area contributed by atoms with Crippen molar-refractivity contribution in [3.8, 4) is 11.5 Å². The molecule has 0 radical (unpaired) electrons. The van der Waals surface area contributed by atoms with Gasteiger partial charge >= 0.3 is 0 Å². The van der Waals surface area contributed by atoms with Crippen molar-refractivity contribution in [1.82, 2.24) is 4.90 Å². The Balaban J connectivity index is 1.64. The van der Waals surface area contributed by atoms with Crippen molar-refractivity contribution in [2.75, 3.05) is 33.7 Å². The number of piperidine rings is 1. The third kappa shape index (κ3) is 3.02. The van der Waals surface area contributed by atoms with E-state index in [1.807, 2.05) is 6.07 Å². The first-order valence-corrected chi connectivity index (χ1v) is 9.34. The maximum absolute atomic E-state index is 12.7. The van der Waals surface area contributed by atoms with Gasteiger partial charge in [-0.3, -0.25) is 4.90 Å². The summed E-state index contributed by atoms with van der Waals surface area (Å²) in [6.07, 6.45) is 3.24. The fourth-order valence-electron chi connectivity index (χ4n) is 4.80. The van der Waals surface area contributed by atoms with Gasteiger partial charge in [0.05, 0.1) is 19.3 Å². The molecule has 138 valence electrons. The number of epoxide rings is 1.